The molecule has 0 radical (unpaired) electrons. The first-order valence-electron chi connectivity index (χ1n) is 7.51. The summed E-state index contributed by atoms with van der Waals surface area (Å²) in [6, 6.07) is 7.15. The van der Waals surface area contributed by atoms with Gasteiger partial charge in [-0.2, -0.15) is 0 Å². The molecule has 7 heteroatoms. The van der Waals surface area contributed by atoms with Crippen molar-refractivity contribution in [1.29, 1.82) is 0 Å². The molecule has 0 bridgehead atoms. The fraction of sp³-hybridized carbons (Fsp3) is 0.353. The molecule has 2 amide bonds. The number of rotatable bonds is 7. The lowest BCUT2D eigenvalue weighted by molar-refractivity contribution is -0.148. The van der Waals surface area contributed by atoms with Crippen LogP contribution in [0.5, 0.6) is 5.75 Å². The van der Waals surface area contributed by atoms with Gasteiger partial charge in [0.05, 0.1) is 6.42 Å². The third kappa shape index (κ3) is 4.66. The van der Waals surface area contributed by atoms with Crippen LogP contribution in [0, 0.1) is 0 Å². The van der Waals surface area contributed by atoms with Crippen LogP contribution in [-0.2, 0) is 14.4 Å². The largest absolute Gasteiger partial charge is 0.492 e. The van der Waals surface area contributed by atoms with Gasteiger partial charge in [-0.05, 0) is 37.9 Å². The SMILES string of the molecule is CN(C)CCOc1ccc(/C=C2\CC(=O)N(CC(=O)O)C2=O)cc1. The summed E-state index contributed by atoms with van der Waals surface area (Å²) in [7, 11) is 3.93. The molecule has 1 saturated heterocycles. The third-order valence-corrected chi connectivity index (χ3v) is 3.48. The van der Waals surface area contributed by atoms with Crippen LogP contribution in [-0.4, -0.2) is 66.5 Å². The number of carboxylic acids is 1. The van der Waals surface area contributed by atoms with Crippen molar-refractivity contribution in [2.45, 2.75) is 6.42 Å². The van der Waals surface area contributed by atoms with E-state index in [1.54, 1.807) is 30.3 Å². The molecule has 1 aliphatic heterocycles. The summed E-state index contributed by atoms with van der Waals surface area (Å²) in [6.07, 6.45) is 1.53. The Kier molecular flexibility index (Phi) is 5.70. The maximum absolute atomic E-state index is 12.1. The third-order valence-electron chi connectivity index (χ3n) is 3.48. The van der Waals surface area contributed by atoms with E-state index in [2.05, 4.69) is 0 Å². The van der Waals surface area contributed by atoms with Crippen molar-refractivity contribution < 1.29 is 24.2 Å². The molecule has 1 fully saturated rings. The van der Waals surface area contributed by atoms with Gasteiger partial charge in [0.1, 0.15) is 18.9 Å². The summed E-state index contributed by atoms with van der Waals surface area (Å²) in [5.74, 6) is -1.52. The number of nitrogens with zero attached hydrogens (tertiary/aromatic N) is 2. The fourth-order valence-corrected chi connectivity index (χ4v) is 2.24. The molecule has 1 aromatic carbocycles. The molecule has 7 nitrogen and oxygen atoms in total. The zero-order valence-electron chi connectivity index (χ0n) is 13.7. The molecule has 24 heavy (non-hydrogen) atoms. The first-order valence-corrected chi connectivity index (χ1v) is 7.51. The second-order valence-corrected chi connectivity index (χ2v) is 5.75. The van der Waals surface area contributed by atoms with Gasteiger partial charge in [0.2, 0.25) is 5.91 Å². The first kappa shape index (κ1) is 17.7. The zero-order valence-corrected chi connectivity index (χ0v) is 13.7. The van der Waals surface area contributed by atoms with E-state index in [1.165, 1.54) is 0 Å². The molecule has 1 N–H and O–H groups in total. The summed E-state index contributed by atoms with van der Waals surface area (Å²) in [5.41, 5.74) is 1.05. The smallest absolute Gasteiger partial charge is 0.323 e. The van der Waals surface area contributed by atoms with Crippen LogP contribution in [0.4, 0.5) is 0 Å². The van der Waals surface area contributed by atoms with E-state index in [9.17, 15) is 14.4 Å². The van der Waals surface area contributed by atoms with Crippen molar-refractivity contribution in [3.63, 3.8) is 0 Å². The Morgan fingerprint density at radius 3 is 2.54 bits per heavy atom. The van der Waals surface area contributed by atoms with Gasteiger partial charge in [-0.25, -0.2) is 0 Å². The fourth-order valence-electron chi connectivity index (χ4n) is 2.24. The highest BCUT2D eigenvalue weighted by molar-refractivity contribution is 6.16. The molecular formula is C17H20N2O5. The number of imide groups is 1. The number of carboxylic acid groups (broad SMARTS) is 1. The molecule has 0 atom stereocenters. The van der Waals surface area contributed by atoms with Gasteiger partial charge < -0.3 is 14.7 Å². The second kappa shape index (κ2) is 7.74. The zero-order chi connectivity index (χ0) is 17.7. The normalized spacial score (nSPS) is 16.3. The molecule has 0 saturated carbocycles. The van der Waals surface area contributed by atoms with Crippen LogP contribution in [0.25, 0.3) is 6.08 Å². The minimum atomic E-state index is -1.21. The lowest BCUT2D eigenvalue weighted by atomic mass is 10.1. The summed E-state index contributed by atoms with van der Waals surface area (Å²) in [4.78, 5) is 37.3. The number of carbonyl (C=O) groups excluding carboxylic acids is 2. The summed E-state index contributed by atoms with van der Waals surface area (Å²) in [6.45, 7) is 0.778. The molecule has 1 aliphatic rings. The molecule has 0 aliphatic carbocycles. The van der Waals surface area contributed by atoms with E-state index in [4.69, 9.17) is 9.84 Å². The number of ether oxygens (including phenoxy) is 1. The van der Waals surface area contributed by atoms with Crippen molar-refractivity contribution in [1.82, 2.24) is 9.80 Å². The molecule has 2 rings (SSSR count). The summed E-state index contributed by atoms with van der Waals surface area (Å²) >= 11 is 0. The number of carbonyl (C=O) groups is 3. The number of aliphatic carboxylic acids is 1. The maximum atomic E-state index is 12.1. The van der Waals surface area contributed by atoms with Gasteiger partial charge in [0.25, 0.3) is 5.91 Å². The highest BCUT2D eigenvalue weighted by atomic mass is 16.5. The van der Waals surface area contributed by atoms with Crippen molar-refractivity contribution in [3.05, 3.63) is 35.4 Å². The van der Waals surface area contributed by atoms with Crippen LogP contribution in [0.15, 0.2) is 29.8 Å². The molecular weight excluding hydrogens is 312 g/mol. The number of hydrogen-bond donors (Lipinski definition) is 1. The average molecular weight is 332 g/mol. The lowest BCUT2D eigenvalue weighted by Gasteiger charge is -2.11. The van der Waals surface area contributed by atoms with E-state index in [1.807, 2.05) is 19.0 Å². The monoisotopic (exact) mass is 332 g/mol. The number of likely N-dealkylation sites (tertiary alicyclic amines) is 1. The Balaban J connectivity index is 2.02. The minimum Gasteiger partial charge on any atom is -0.492 e. The van der Waals surface area contributed by atoms with Crippen LogP contribution >= 0.6 is 0 Å². The van der Waals surface area contributed by atoms with Crippen LogP contribution in [0.1, 0.15) is 12.0 Å². The van der Waals surface area contributed by atoms with Crippen LogP contribution < -0.4 is 4.74 Å². The molecule has 0 aromatic heterocycles. The number of hydrogen-bond acceptors (Lipinski definition) is 5. The Bertz CT molecular complexity index is 664. The Morgan fingerprint density at radius 2 is 1.96 bits per heavy atom. The summed E-state index contributed by atoms with van der Waals surface area (Å²) in [5, 5.41) is 8.74. The van der Waals surface area contributed by atoms with Gasteiger partial charge in [0, 0.05) is 12.1 Å². The number of amides is 2. The predicted molar refractivity (Wildman–Crippen MR) is 87.4 cm³/mol. The van der Waals surface area contributed by atoms with Gasteiger partial charge in [0.15, 0.2) is 0 Å². The van der Waals surface area contributed by atoms with E-state index >= 15 is 0 Å². The van der Waals surface area contributed by atoms with Crippen molar-refractivity contribution in [2.75, 3.05) is 33.8 Å². The van der Waals surface area contributed by atoms with E-state index in [0.29, 0.717) is 12.2 Å². The highest BCUT2D eigenvalue weighted by Gasteiger charge is 2.34. The second-order valence-electron chi connectivity index (χ2n) is 5.75. The predicted octanol–water partition coefficient (Wildman–Crippen LogP) is 0.854. The first-order chi connectivity index (χ1) is 11.4. The molecule has 128 valence electrons. The standard InChI is InChI=1S/C17H20N2O5/c1-18(2)7-8-24-14-5-3-12(4-6-14)9-13-10-15(20)19(17(13)23)11-16(21)22/h3-6,9H,7-8,10-11H2,1-2H3,(H,21,22)/b13-9+. The van der Waals surface area contributed by atoms with E-state index in [-0.39, 0.29) is 6.42 Å². The Labute approximate surface area is 140 Å². The average Bonchev–Trinajstić information content (AvgIpc) is 2.76. The van der Waals surface area contributed by atoms with Crippen molar-refractivity contribution >= 4 is 23.9 Å². The van der Waals surface area contributed by atoms with Gasteiger partial charge in [-0.1, -0.05) is 12.1 Å². The Morgan fingerprint density at radius 1 is 1.29 bits per heavy atom. The van der Waals surface area contributed by atoms with E-state index < -0.39 is 24.3 Å². The van der Waals surface area contributed by atoms with Gasteiger partial charge in [-0.15, -0.1) is 0 Å². The molecule has 1 heterocycles. The van der Waals surface area contributed by atoms with Crippen molar-refractivity contribution in [2.24, 2.45) is 0 Å². The minimum absolute atomic E-state index is 0.0762. The topological polar surface area (TPSA) is 87.2 Å². The summed E-state index contributed by atoms with van der Waals surface area (Å²) < 4.78 is 5.58. The Hall–Kier alpha value is -2.67. The molecule has 0 unspecified atom stereocenters. The molecule has 0 spiro atoms. The maximum Gasteiger partial charge on any atom is 0.323 e. The number of benzene rings is 1. The van der Waals surface area contributed by atoms with Gasteiger partial charge in [-0.3, -0.25) is 19.3 Å². The van der Waals surface area contributed by atoms with Crippen molar-refractivity contribution in [3.8, 4) is 5.75 Å². The molecule has 1 aromatic rings. The lowest BCUT2D eigenvalue weighted by Crippen LogP contribution is -2.34. The van der Waals surface area contributed by atoms with Crippen LogP contribution in [0.2, 0.25) is 0 Å². The van der Waals surface area contributed by atoms with Gasteiger partial charge >= 0.3 is 5.97 Å². The van der Waals surface area contributed by atoms with E-state index in [0.717, 1.165) is 22.8 Å². The highest BCUT2D eigenvalue weighted by Crippen LogP contribution is 2.22. The number of likely N-dealkylation sites (N-methyl/N-ethyl adjacent to an activating group) is 1. The quantitative estimate of drug-likeness (QED) is 0.588. The van der Waals surface area contributed by atoms with Crippen LogP contribution in [0.3, 0.4) is 0 Å².